The van der Waals surface area contributed by atoms with Gasteiger partial charge in [0, 0.05) is 5.69 Å². The Morgan fingerprint density at radius 1 is 1.64 bits per heavy atom. The molecule has 2 rings (SSSR count). The van der Waals surface area contributed by atoms with Gasteiger partial charge in [-0.3, -0.25) is 0 Å². The molecule has 1 aliphatic rings. The number of aromatic amines is 1. The molecule has 0 saturated carbocycles. The molecule has 0 spiro atoms. The number of nitrogens with one attached hydrogen (secondary N) is 1. The van der Waals surface area contributed by atoms with Crippen LogP contribution in [0.2, 0.25) is 0 Å². The van der Waals surface area contributed by atoms with Crippen molar-refractivity contribution in [3.63, 3.8) is 0 Å². The standard InChI is InChI=1S/C11H12N2S/c1-7-3-2-4-8-5-9(6-12)11(14)13-10(7)8/h5,7H,2-4H2,1H3,(H,13,14). The van der Waals surface area contributed by atoms with E-state index in [4.69, 9.17) is 17.5 Å². The second-order valence-corrected chi connectivity index (χ2v) is 4.26. The van der Waals surface area contributed by atoms with Crippen molar-refractivity contribution < 1.29 is 0 Å². The van der Waals surface area contributed by atoms with Gasteiger partial charge in [0.2, 0.25) is 0 Å². The Labute approximate surface area is 88.6 Å². The summed E-state index contributed by atoms with van der Waals surface area (Å²) in [4.78, 5) is 3.19. The van der Waals surface area contributed by atoms with Gasteiger partial charge < -0.3 is 4.98 Å². The van der Waals surface area contributed by atoms with Crippen LogP contribution in [-0.2, 0) is 6.42 Å². The van der Waals surface area contributed by atoms with Gasteiger partial charge in [0.15, 0.2) is 0 Å². The van der Waals surface area contributed by atoms with Crippen molar-refractivity contribution in [2.45, 2.75) is 32.1 Å². The first-order valence-corrected chi connectivity index (χ1v) is 5.29. The number of pyridine rings is 1. The second-order valence-electron chi connectivity index (χ2n) is 3.86. The summed E-state index contributed by atoms with van der Waals surface area (Å²) < 4.78 is 0.583. The number of nitrogens with zero attached hydrogens (tertiary/aromatic N) is 1. The Morgan fingerprint density at radius 3 is 3.14 bits per heavy atom. The van der Waals surface area contributed by atoms with Crippen LogP contribution in [0.25, 0.3) is 0 Å². The molecule has 1 N–H and O–H groups in total. The van der Waals surface area contributed by atoms with Gasteiger partial charge in [0.05, 0.1) is 5.56 Å². The number of rotatable bonds is 0. The van der Waals surface area contributed by atoms with Crippen molar-refractivity contribution >= 4 is 12.2 Å². The summed E-state index contributed by atoms with van der Waals surface area (Å²) in [6.07, 6.45) is 3.49. The molecule has 1 heterocycles. The normalized spacial score (nSPS) is 19.9. The van der Waals surface area contributed by atoms with Crippen molar-refractivity contribution in [2.24, 2.45) is 0 Å². The van der Waals surface area contributed by atoms with E-state index >= 15 is 0 Å². The van der Waals surface area contributed by atoms with Crippen LogP contribution < -0.4 is 0 Å². The van der Waals surface area contributed by atoms with Gasteiger partial charge in [-0.05, 0) is 36.8 Å². The molecule has 14 heavy (non-hydrogen) atoms. The van der Waals surface area contributed by atoms with Gasteiger partial charge in [0.1, 0.15) is 10.7 Å². The van der Waals surface area contributed by atoms with Crippen molar-refractivity contribution in [3.8, 4) is 6.07 Å². The lowest BCUT2D eigenvalue weighted by Crippen LogP contribution is -2.10. The van der Waals surface area contributed by atoms with Crippen LogP contribution in [0, 0.1) is 16.0 Å². The number of nitriles is 1. The number of fused-ring (bicyclic) bond motifs is 1. The summed E-state index contributed by atoms with van der Waals surface area (Å²) >= 11 is 5.11. The Bertz CT molecular complexity index is 453. The maximum atomic E-state index is 8.85. The van der Waals surface area contributed by atoms with Crippen LogP contribution in [0.4, 0.5) is 0 Å². The maximum Gasteiger partial charge on any atom is 0.121 e. The molecule has 2 nitrogen and oxygen atoms in total. The minimum absolute atomic E-state index is 0.549. The average molecular weight is 204 g/mol. The van der Waals surface area contributed by atoms with Crippen LogP contribution in [0.1, 0.15) is 42.5 Å². The van der Waals surface area contributed by atoms with E-state index in [0.717, 1.165) is 6.42 Å². The number of hydrogen-bond acceptors (Lipinski definition) is 2. The minimum Gasteiger partial charge on any atom is -0.348 e. The van der Waals surface area contributed by atoms with Gasteiger partial charge in [-0.2, -0.15) is 5.26 Å². The van der Waals surface area contributed by atoms with E-state index in [9.17, 15) is 0 Å². The number of aryl methyl sites for hydroxylation is 1. The second kappa shape index (κ2) is 3.55. The predicted octanol–water partition coefficient (Wildman–Crippen LogP) is 3.06. The number of hydrogen-bond donors (Lipinski definition) is 1. The van der Waals surface area contributed by atoms with Crippen LogP contribution in [0.3, 0.4) is 0 Å². The molecule has 0 amide bonds. The monoisotopic (exact) mass is 204 g/mol. The molecule has 0 saturated heterocycles. The van der Waals surface area contributed by atoms with Gasteiger partial charge in [-0.25, -0.2) is 0 Å². The zero-order valence-corrected chi connectivity index (χ0v) is 8.95. The van der Waals surface area contributed by atoms with Crippen LogP contribution in [-0.4, -0.2) is 4.98 Å². The highest BCUT2D eigenvalue weighted by molar-refractivity contribution is 7.71. The third-order valence-corrected chi connectivity index (χ3v) is 3.18. The molecule has 1 atom stereocenters. The molecule has 0 aliphatic heterocycles. The molecular formula is C11H12N2S. The van der Waals surface area contributed by atoms with Crippen molar-refractivity contribution in [2.75, 3.05) is 0 Å². The molecule has 1 aromatic heterocycles. The molecule has 3 heteroatoms. The summed E-state index contributed by atoms with van der Waals surface area (Å²) in [5.41, 5.74) is 3.11. The lowest BCUT2D eigenvalue weighted by Gasteiger charge is -2.21. The molecule has 0 bridgehead atoms. The Hall–Kier alpha value is -1.14. The molecule has 0 radical (unpaired) electrons. The molecular weight excluding hydrogens is 192 g/mol. The SMILES string of the molecule is CC1CCCc2cc(C#N)c(=S)[nH]c21. The lowest BCUT2D eigenvalue weighted by atomic mass is 9.87. The van der Waals surface area contributed by atoms with Crippen molar-refractivity contribution in [3.05, 3.63) is 27.5 Å². The van der Waals surface area contributed by atoms with Gasteiger partial charge in [-0.15, -0.1) is 0 Å². The van der Waals surface area contributed by atoms with E-state index in [2.05, 4.69) is 18.0 Å². The first-order valence-electron chi connectivity index (χ1n) is 4.88. The number of aromatic nitrogens is 1. The fraction of sp³-hybridized carbons (Fsp3) is 0.455. The third kappa shape index (κ3) is 1.46. The smallest absolute Gasteiger partial charge is 0.121 e. The maximum absolute atomic E-state index is 8.85. The zero-order valence-electron chi connectivity index (χ0n) is 8.13. The number of H-pyrrole nitrogens is 1. The van der Waals surface area contributed by atoms with Crippen LogP contribution in [0.15, 0.2) is 6.07 Å². The third-order valence-electron chi connectivity index (χ3n) is 2.85. The Balaban J connectivity index is 2.61. The van der Waals surface area contributed by atoms with E-state index < -0.39 is 0 Å². The highest BCUT2D eigenvalue weighted by Crippen LogP contribution is 2.29. The largest absolute Gasteiger partial charge is 0.348 e. The van der Waals surface area contributed by atoms with Gasteiger partial charge >= 0.3 is 0 Å². The van der Waals surface area contributed by atoms with E-state index in [-0.39, 0.29) is 0 Å². The molecule has 72 valence electrons. The van der Waals surface area contributed by atoms with Crippen LogP contribution >= 0.6 is 12.2 Å². The Morgan fingerprint density at radius 2 is 2.43 bits per heavy atom. The minimum atomic E-state index is 0.549. The topological polar surface area (TPSA) is 39.6 Å². The molecule has 1 unspecified atom stereocenters. The highest BCUT2D eigenvalue weighted by atomic mass is 32.1. The van der Waals surface area contributed by atoms with Gasteiger partial charge in [0.25, 0.3) is 0 Å². The predicted molar refractivity (Wildman–Crippen MR) is 57.7 cm³/mol. The summed E-state index contributed by atoms with van der Waals surface area (Å²) in [5, 5.41) is 8.85. The summed E-state index contributed by atoms with van der Waals surface area (Å²) in [7, 11) is 0. The van der Waals surface area contributed by atoms with E-state index in [1.807, 2.05) is 6.07 Å². The van der Waals surface area contributed by atoms with E-state index in [1.165, 1.54) is 24.1 Å². The lowest BCUT2D eigenvalue weighted by molar-refractivity contribution is 0.572. The average Bonchev–Trinajstić information content (AvgIpc) is 2.19. The van der Waals surface area contributed by atoms with Crippen LogP contribution in [0.5, 0.6) is 0 Å². The Kier molecular flexibility index (Phi) is 2.39. The molecule has 0 aromatic carbocycles. The fourth-order valence-corrected chi connectivity index (χ4v) is 2.27. The highest BCUT2D eigenvalue weighted by Gasteiger charge is 2.17. The van der Waals surface area contributed by atoms with Crippen molar-refractivity contribution in [1.82, 2.24) is 4.98 Å². The van der Waals surface area contributed by atoms with E-state index in [1.54, 1.807) is 0 Å². The summed E-state index contributed by atoms with van der Waals surface area (Å²) in [6, 6.07) is 4.07. The first kappa shape index (κ1) is 9.42. The molecule has 0 fully saturated rings. The summed E-state index contributed by atoms with van der Waals surface area (Å²) in [5.74, 6) is 0.549. The first-order chi connectivity index (χ1) is 6.72. The van der Waals surface area contributed by atoms with E-state index in [0.29, 0.717) is 16.1 Å². The van der Waals surface area contributed by atoms with Gasteiger partial charge in [-0.1, -0.05) is 19.1 Å². The quantitative estimate of drug-likeness (QED) is 0.660. The fourth-order valence-electron chi connectivity index (χ4n) is 2.06. The molecule has 1 aromatic rings. The zero-order chi connectivity index (χ0) is 10.1. The summed E-state index contributed by atoms with van der Waals surface area (Å²) in [6.45, 7) is 2.20. The molecule has 1 aliphatic carbocycles. The van der Waals surface area contributed by atoms with Crippen molar-refractivity contribution in [1.29, 1.82) is 5.26 Å².